The third-order valence-corrected chi connectivity index (χ3v) is 3.83. The summed E-state index contributed by atoms with van der Waals surface area (Å²) in [5, 5.41) is 9.55. The Balaban J connectivity index is 1.53. The van der Waals surface area contributed by atoms with Gasteiger partial charge in [-0.15, -0.1) is 0 Å². The van der Waals surface area contributed by atoms with Crippen LogP contribution < -0.4 is 16.1 Å². The van der Waals surface area contributed by atoms with Crippen molar-refractivity contribution in [1.29, 1.82) is 0 Å². The van der Waals surface area contributed by atoms with Crippen LogP contribution in [0, 0.1) is 5.82 Å². The average Bonchev–Trinajstić information content (AvgIpc) is 3.10. The molecule has 7 nitrogen and oxygen atoms in total. The molecule has 3 N–H and O–H groups in total. The van der Waals surface area contributed by atoms with Gasteiger partial charge in [-0.3, -0.25) is 10.7 Å². The number of aromatic nitrogens is 2. The first kappa shape index (κ1) is 16.8. The molecule has 8 heteroatoms. The molecule has 1 aromatic carbocycles. The first-order valence-electron chi connectivity index (χ1n) is 8.14. The molecule has 0 spiro atoms. The number of amides is 2. The molecule has 0 aliphatic heterocycles. The molecule has 0 radical (unpaired) electrons. The lowest BCUT2D eigenvalue weighted by Gasteiger charge is -2.12. The highest BCUT2D eigenvalue weighted by Gasteiger charge is 2.17. The van der Waals surface area contributed by atoms with Crippen molar-refractivity contribution in [3.05, 3.63) is 47.9 Å². The SMILES string of the molecule is O=C(Nc1nccc(N/N=C/c2ccc(F)cc2)n1)NC1CCCC1. The fourth-order valence-electron chi connectivity index (χ4n) is 2.60. The normalized spacial score (nSPS) is 14.6. The van der Waals surface area contributed by atoms with Gasteiger partial charge < -0.3 is 5.32 Å². The van der Waals surface area contributed by atoms with Gasteiger partial charge in [0.05, 0.1) is 6.21 Å². The van der Waals surface area contributed by atoms with Crippen molar-refractivity contribution in [2.24, 2.45) is 5.10 Å². The van der Waals surface area contributed by atoms with Crippen molar-refractivity contribution in [3.63, 3.8) is 0 Å². The maximum Gasteiger partial charge on any atom is 0.321 e. The van der Waals surface area contributed by atoms with Gasteiger partial charge in [0, 0.05) is 18.3 Å². The molecule has 25 heavy (non-hydrogen) atoms. The molecule has 2 aromatic rings. The smallest absolute Gasteiger partial charge is 0.321 e. The average molecular weight is 342 g/mol. The van der Waals surface area contributed by atoms with Gasteiger partial charge in [-0.25, -0.2) is 14.2 Å². The summed E-state index contributed by atoms with van der Waals surface area (Å²) in [6.45, 7) is 0. The number of nitrogens with one attached hydrogen (secondary N) is 3. The van der Waals surface area contributed by atoms with E-state index in [1.807, 2.05) is 0 Å². The van der Waals surface area contributed by atoms with E-state index in [0.717, 1.165) is 31.2 Å². The number of benzene rings is 1. The summed E-state index contributed by atoms with van der Waals surface area (Å²) in [7, 11) is 0. The second-order valence-electron chi connectivity index (χ2n) is 5.77. The van der Waals surface area contributed by atoms with E-state index >= 15 is 0 Å². The number of nitrogens with zero attached hydrogens (tertiary/aromatic N) is 3. The largest absolute Gasteiger partial charge is 0.335 e. The van der Waals surface area contributed by atoms with Crippen LogP contribution in [0.25, 0.3) is 0 Å². The van der Waals surface area contributed by atoms with Crippen LogP contribution in [0.15, 0.2) is 41.6 Å². The topological polar surface area (TPSA) is 91.3 Å². The van der Waals surface area contributed by atoms with Crippen molar-refractivity contribution in [1.82, 2.24) is 15.3 Å². The fourth-order valence-corrected chi connectivity index (χ4v) is 2.60. The molecule has 1 aliphatic carbocycles. The zero-order valence-corrected chi connectivity index (χ0v) is 13.6. The minimum Gasteiger partial charge on any atom is -0.335 e. The van der Waals surface area contributed by atoms with E-state index in [0.29, 0.717) is 5.82 Å². The third-order valence-electron chi connectivity index (χ3n) is 3.83. The van der Waals surface area contributed by atoms with Crippen molar-refractivity contribution < 1.29 is 9.18 Å². The van der Waals surface area contributed by atoms with Crippen LogP contribution in [0.2, 0.25) is 0 Å². The first-order chi connectivity index (χ1) is 12.2. The summed E-state index contributed by atoms with van der Waals surface area (Å²) in [4.78, 5) is 20.1. The number of rotatable bonds is 5. The molecule has 130 valence electrons. The van der Waals surface area contributed by atoms with Crippen molar-refractivity contribution in [3.8, 4) is 0 Å². The molecule has 0 saturated heterocycles. The molecule has 2 amide bonds. The number of carbonyl (C=O) groups excluding carboxylic acids is 1. The highest BCUT2D eigenvalue weighted by molar-refractivity contribution is 5.87. The van der Waals surface area contributed by atoms with E-state index in [1.54, 1.807) is 24.4 Å². The van der Waals surface area contributed by atoms with Crippen LogP contribution in [0.5, 0.6) is 0 Å². The molecule has 0 unspecified atom stereocenters. The minimum atomic E-state index is -0.307. The molecular weight excluding hydrogens is 323 g/mol. The van der Waals surface area contributed by atoms with Crippen LogP contribution in [-0.4, -0.2) is 28.3 Å². The van der Waals surface area contributed by atoms with Gasteiger partial charge in [0.25, 0.3) is 0 Å². The minimum absolute atomic E-state index is 0.192. The van der Waals surface area contributed by atoms with Crippen LogP contribution in [0.3, 0.4) is 0 Å². The van der Waals surface area contributed by atoms with Gasteiger partial charge in [-0.2, -0.15) is 10.1 Å². The summed E-state index contributed by atoms with van der Waals surface area (Å²) in [6.07, 6.45) is 7.37. The predicted octanol–water partition coefficient (Wildman–Crippen LogP) is 3.13. The zero-order valence-electron chi connectivity index (χ0n) is 13.6. The monoisotopic (exact) mass is 342 g/mol. The summed E-state index contributed by atoms with van der Waals surface area (Å²) in [6, 6.07) is 7.48. The predicted molar refractivity (Wildman–Crippen MR) is 94.1 cm³/mol. The molecule has 1 fully saturated rings. The van der Waals surface area contributed by atoms with Gasteiger partial charge in [0.1, 0.15) is 5.82 Å². The maximum absolute atomic E-state index is 12.8. The van der Waals surface area contributed by atoms with Crippen LogP contribution in [-0.2, 0) is 0 Å². The summed E-state index contributed by atoms with van der Waals surface area (Å²) < 4.78 is 12.8. The number of hydrazone groups is 1. The van der Waals surface area contributed by atoms with Crippen LogP contribution >= 0.6 is 0 Å². The number of hydrogen-bond donors (Lipinski definition) is 3. The van der Waals surface area contributed by atoms with Gasteiger partial charge in [-0.1, -0.05) is 25.0 Å². The lowest BCUT2D eigenvalue weighted by molar-refractivity contribution is 0.248. The lowest BCUT2D eigenvalue weighted by atomic mass is 10.2. The molecule has 0 bridgehead atoms. The van der Waals surface area contributed by atoms with Crippen molar-refractivity contribution in [2.45, 2.75) is 31.7 Å². The lowest BCUT2D eigenvalue weighted by Crippen LogP contribution is -2.36. The number of anilines is 2. The molecule has 1 aromatic heterocycles. The second-order valence-corrected chi connectivity index (χ2v) is 5.77. The molecular formula is C17H19FN6O. The summed E-state index contributed by atoms with van der Waals surface area (Å²) >= 11 is 0. The highest BCUT2D eigenvalue weighted by Crippen LogP contribution is 2.17. The fraction of sp³-hybridized carbons (Fsp3) is 0.294. The van der Waals surface area contributed by atoms with Gasteiger partial charge >= 0.3 is 6.03 Å². The highest BCUT2D eigenvalue weighted by atomic mass is 19.1. The Morgan fingerprint density at radius 3 is 2.72 bits per heavy atom. The molecule has 3 rings (SSSR count). The van der Waals surface area contributed by atoms with E-state index in [9.17, 15) is 9.18 Å². The number of hydrogen-bond acceptors (Lipinski definition) is 5. The van der Waals surface area contributed by atoms with E-state index in [1.165, 1.54) is 18.3 Å². The number of urea groups is 1. The maximum atomic E-state index is 12.8. The molecule has 1 saturated carbocycles. The van der Waals surface area contributed by atoms with Crippen LogP contribution in [0.4, 0.5) is 21.0 Å². The zero-order chi connectivity index (χ0) is 17.5. The van der Waals surface area contributed by atoms with Crippen LogP contribution in [0.1, 0.15) is 31.2 Å². The number of halogens is 1. The Kier molecular flexibility index (Phi) is 5.50. The quantitative estimate of drug-likeness (QED) is 0.575. The van der Waals surface area contributed by atoms with E-state index in [-0.39, 0.29) is 23.8 Å². The Morgan fingerprint density at radius 1 is 1.20 bits per heavy atom. The van der Waals surface area contributed by atoms with Crippen molar-refractivity contribution >= 4 is 24.0 Å². The van der Waals surface area contributed by atoms with E-state index in [4.69, 9.17) is 0 Å². The van der Waals surface area contributed by atoms with E-state index < -0.39 is 0 Å². The Hall–Kier alpha value is -3.03. The number of carbonyl (C=O) groups is 1. The van der Waals surface area contributed by atoms with Gasteiger partial charge in [-0.05, 0) is 30.5 Å². The van der Waals surface area contributed by atoms with Gasteiger partial charge in [0.15, 0.2) is 5.82 Å². The molecule has 1 aliphatic rings. The summed E-state index contributed by atoms with van der Waals surface area (Å²) in [5.41, 5.74) is 3.49. The van der Waals surface area contributed by atoms with Gasteiger partial charge in [0.2, 0.25) is 5.95 Å². The second kappa shape index (κ2) is 8.18. The Labute approximate surface area is 144 Å². The van der Waals surface area contributed by atoms with Crippen molar-refractivity contribution in [2.75, 3.05) is 10.7 Å². The molecule has 0 atom stereocenters. The first-order valence-corrected chi connectivity index (χ1v) is 8.14. The third kappa shape index (κ3) is 5.23. The molecule has 1 heterocycles. The van der Waals surface area contributed by atoms with E-state index in [2.05, 4.69) is 31.1 Å². The Morgan fingerprint density at radius 2 is 1.96 bits per heavy atom. The standard InChI is InChI=1S/C17H19FN6O/c18-13-7-5-12(6-8-13)11-20-24-15-9-10-19-16(22-15)23-17(25)21-14-3-1-2-4-14/h5-11,14H,1-4H2,(H3,19,21,22,23,24,25)/b20-11+. The Bertz CT molecular complexity index is 743. The summed E-state index contributed by atoms with van der Waals surface area (Å²) in [5.74, 6) is 0.328.